The van der Waals surface area contributed by atoms with E-state index in [-0.39, 0.29) is 5.91 Å². The van der Waals surface area contributed by atoms with Crippen molar-refractivity contribution in [3.8, 4) is 6.07 Å². The van der Waals surface area contributed by atoms with Crippen LogP contribution in [0.2, 0.25) is 0 Å². The maximum atomic E-state index is 11.9. The standard InChI is InChI=1S/C18H18N2O/c19-14-17(12-11-15-7-3-1-4-8-15)20-18(21)13-16-9-5-2-6-10-16/h1-10,17H,11-13H2,(H,20,21). The molecule has 0 fully saturated rings. The summed E-state index contributed by atoms with van der Waals surface area (Å²) < 4.78 is 0. The predicted octanol–water partition coefficient (Wildman–Crippen LogP) is 2.87. The number of hydrogen-bond donors (Lipinski definition) is 1. The Hall–Kier alpha value is -2.60. The highest BCUT2D eigenvalue weighted by Gasteiger charge is 2.11. The van der Waals surface area contributed by atoms with Crippen molar-refractivity contribution in [2.75, 3.05) is 0 Å². The Morgan fingerprint density at radius 2 is 1.57 bits per heavy atom. The fraction of sp³-hybridized carbons (Fsp3) is 0.222. The molecule has 2 aromatic carbocycles. The van der Waals surface area contributed by atoms with Gasteiger partial charge in [-0.3, -0.25) is 4.79 Å². The molecule has 0 aromatic heterocycles. The number of carbonyl (C=O) groups excluding carboxylic acids is 1. The molecule has 1 unspecified atom stereocenters. The van der Waals surface area contributed by atoms with Crippen LogP contribution in [-0.4, -0.2) is 11.9 Å². The fourth-order valence-electron chi connectivity index (χ4n) is 2.15. The molecule has 0 heterocycles. The summed E-state index contributed by atoms with van der Waals surface area (Å²) in [7, 11) is 0. The summed E-state index contributed by atoms with van der Waals surface area (Å²) in [6.07, 6.45) is 1.72. The fourth-order valence-corrected chi connectivity index (χ4v) is 2.15. The van der Waals surface area contributed by atoms with E-state index in [0.29, 0.717) is 12.8 Å². The Morgan fingerprint density at radius 3 is 2.14 bits per heavy atom. The Kier molecular flexibility index (Phi) is 5.54. The van der Waals surface area contributed by atoms with Gasteiger partial charge in [-0.15, -0.1) is 0 Å². The second-order valence-corrected chi connectivity index (χ2v) is 4.94. The summed E-state index contributed by atoms with van der Waals surface area (Å²) >= 11 is 0. The van der Waals surface area contributed by atoms with Gasteiger partial charge in [0.05, 0.1) is 12.5 Å². The molecular weight excluding hydrogens is 260 g/mol. The van der Waals surface area contributed by atoms with Crippen LogP contribution in [0.15, 0.2) is 60.7 Å². The molecule has 0 saturated carbocycles. The number of nitriles is 1. The topological polar surface area (TPSA) is 52.9 Å². The first kappa shape index (κ1) is 14.8. The molecule has 0 aliphatic carbocycles. The first-order valence-corrected chi connectivity index (χ1v) is 7.05. The second-order valence-electron chi connectivity index (χ2n) is 4.94. The maximum absolute atomic E-state index is 11.9. The minimum absolute atomic E-state index is 0.110. The van der Waals surface area contributed by atoms with Gasteiger partial charge in [0.2, 0.25) is 5.91 Å². The number of aryl methyl sites for hydroxylation is 1. The molecule has 3 nitrogen and oxygen atoms in total. The van der Waals surface area contributed by atoms with E-state index in [1.54, 1.807) is 0 Å². The SMILES string of the molecule is N#CC(CCc1ccccc1)NC(=O)Cc1ccccc1. The van der Waals surface area contributed by atoms with Crippen LogP contribution in [0.4, 0.5) is 0 Å². The summed E-state index contributed by atoms with van der Waals surface area (Å²) in [5.74, 6) is -0.110. The molecule has 2 rings (SSSR count). The normalized spacial score (nSPS) is 11.4. The lowest BCUT2D eigenvalue weighted by molar-refractivity contribution is -0.120. The molecule has 1 N–H and O–H groups in total. The lowest BCUT2D eigenvalue weighted by Crippen LogP contribution is -2.35. The minimum Gasteiger partial charge on any atom is -0.340 e. The van der Waals surface area contributed by atoms with Gasteiger partial charge < -0.3 is 5.32 Å². The number of benzene rings is 2. The van der Waals surface area contributed by atoms with Crippen LogP contribution < -0.4 is 5.32 Å². The third-order valence-corrected chi connectivity index (χ3v) is 3.26. The van der Waals surface area contributed by atoms with Crippen LogP contribution in [0.25, 0.3) is 0 Å². The van der Waals surface area contributed by atoms with Gasteiger partial charge >= 0.3 is 0 Å². The van der Waals surface area contributed by atoms with Crippen molar-refractivity contribution in [3.05, 3.63) is 71.8 Å². The van der Waals surface area contributed by atoms with E-state index >= 15 is 0 Å². The Bertz CT molecular complexity index is 602. The average Bonchev–Trinajstić information content (AvgIpc) is 2.53. The van der Waals surface area contributed by atoms with Gasteiger partial charge in [0.15, 0.2) is 0 Å². The van der Waals surface area contributed by atoms with Crippen molar-refractivity contribution in [1.82, 2.24) is 5.32 Å². The Morgan fingerprint density at radius 1 is 1.00 bits per heavy atom. The molecule has 1 atom stereocenters. The van der Waals surface area contributed by atoms with Crippen LogP contribution in [0.1, 0.15) is 17.5 Å². The van der Waals surface area contributed by atoms with E-state index in [9.17, 15) is 4.79 Å². The summed E-state index contributed by atoms with van der Waals surface area (Å²) in [6.45, 7) is 0. The molecular formula is C18H18N2O. The molecule has 1 amide bonds. The van der Waals surface area contributed by atoms with Gasteiger partial charge in [-0.05, 0) is 24.0 Å². The summed E-state index contributed by atoms with van der Waals surface area (Å²) in [5, 5.41) is 11.9. The average molecular weight is 278 g/mol. The van der Waals surface area contributed by atoms with Gasteiger partial charge in [-0.1, -0.05) is 60.7 Å². The van der Waals surface area contributed by atoms with Crippen molar-refractivity contribution in [2.24, 2.45) is 0 Å². The molecule has 3 heteroatoms. The number of nitrogens with zero attached hydrogens (tertiary/aromatic N) is 1. The number of hydrogen-bond acceptors (Lipinski definition) is 2. The molecule has 0 bridgehead atoms. The van der Waals surface area contributed by atoms with E-state index in [1.165, 1.54) is 5.56 Å². The summed E-state index contributed by atoms with van der Waals surface area (Å²) in [5.41, 5.74) is 2.13. The smallest absolute Gasteiger partial charge is 0.225 e. The second kappa shape index (κ2) is 7.86. The first-order chi connectivity index (χ1) is 10.3. The lowest BCUT2D eigenvalue weighted by Gasteiger charge is -2.11. The molecule has 0 aliphatic rings. The Balaban J connectivity index is 1.82. The van der Waals surface area contributed by atoms with E-state index in [1.807, 2.05) is 60.7 Å². The van der Waals surface area contributed by atoms with Gasteiger partial charge in [0, 0.05) is 0 Å². The van der Waals surface area contributed by atoms with Crippen LogP contribution in [0.5, 0.6) is 0 Å². The van der Waals surface area contributed by atoms with E-state index in [0.717, 1.165) is 12.0 Å². The van der Waals surface area contributed by atoms with Crippen LogP contribution >= 0.6 is 0 Å². The zero-order chi connectivity index (χ0) is 14.9. The zero-order valence-electron chi connectivity index (χ0n) is 11.8. The summed E-state index contributed by atoms with van der Waals surface area (Å²) in [4.78, 5) is 11.9. The van der Waals surface area contributed by atoms with Crippen molar-refractivity contribution >= 4 is 5.91 Å². The predicted molar refractivity (Wildman–Crippen MR) is 82.5 cm³/mol. The Labute approximate surface area is 125 Å². The molecule has 0 spiro atoms. The first-order valence-electron chi connectivity index (χ1n) is 7.05. The molecule has 0 saturated heterocycles. The number of carbonyl (C=O) groups is 1. The van der Waals surface area contributed by atoms with Crippen molar-refractivity contribution in [1.29, 1.82) is 5.26 Å². The van der Waals surface area contributed by atoms with E-state index in [4.69, 9.17) is 5.26 Å². The number of rotatable bonds is 6. The molecule has 0 radical (unpaired) electrons. The van der Waals surface area contributed by atoms with Gasteiger partial charge in [0.25, 0.3) is 0 Å². The van der Waals surface area contributed by atoms with Crippen molar-refractivity contribution < 1.29 is 4.79 Å². The van der Waals surface area contributed by atoms with Gasteiger partial charge in [-0.2, -0.15) is 5.26 Å². The quantitative estimate of drug-likeness (QED) is 0.883. The van der Waals surface area contributed by atoms with Crippen LogP contribution in [0.3, 0.4) is 0 Å². The summed E-state index contributed by atoms with van der Waals surface area (Å²) in [6, 6.07) is 21.2. The highest BCUT2D eigenvalue weighted by molar-refractivity contribution is 5.79. The van der Waals surface area contributed by atoms with Gasteiger partial charge in [0.1, 0.15) is 6.04 Å². The lowest BCUT2D eigenvalue weighted by atomic mass is 10.1. The molecule has 2 aromatic rings. The number of nitrogens with one attached hydrogen (secondary N) is 1. The molecule has 21 heavy (non-hydrogen) atoms. The third-order valence-electron chi connectivity index (χ3n) is 3.26. The zero-order valence-corrected chi connectivity index (χ0v) is 11.8. The monoisotopic (exact) mass is 278 g/mol. The van der Waals surface area contributed by atoms with Gasteiger partial charge in [-0.25, -0.2) is 0 Å². The largest absolute Gasteiger partial charge is 0.340 e. The minimum atomic E-state index is -0.443. The highest BCUT2D eigenvalue weighted by atomic mass is 16.1. The molecule has 106 valence electrons. The van der Waals surface area contributed by atoms with E-state index < -0.39 is 6.04 Å². The van der Waals surface area contributed by atoms with Crippen LogP contribution in [0, 0.1) is 11.3 Å². The third kappa shape index (κ3) is 5.12. The molecule has 0 aliphatic heterocycles. The van der Waals surface area contributed by atoms with Crippen molar-refractivity contribution in [2.45, 2.75) is 25.3 Å². The maximum Gasteiger partial charge on any atom is 0.225 e. The number of amides is 1. The van der Waals surface area contributed by atoms with Crippen LogP contribution in [-0.2, 0) is 17.6 Å². The van der Waals surface area contributed by atoms with Crippen molar-refractivity contribution in [3.63, 3.8) is 0 Å². The highest BCUT2D eigenvalue weighted by Crippen LogP contribution is 2.05. The van der Waals surface area contributed by atoms with E-state index in [2.05, 4.69) is 11.4 Å².